The van der Waals surface area contributed by atoms with E-state index in [1.54, 1.807) is 0 Å². The molecular formula is C14H24N4. The molecule has 4 nitrogen and oxygen atoms in total. The van der Waals surface area contributed by atoms with E-state index in [4.69, 9.17) is 0 Å². The molecule has 1 aromatic rings. The van der Waals surface area contributed by atoms with E-state index >= 15 is 0 Å². The Balaban J connectivity index is 2.01. The zero-order valence-corrected chi connectivity index (χ0v) is 11.6. The number of hydrogen-bond donors (Lipinski definition) is 2. The molecule has 2 N–H and O–H groups in total. The van der Waals surface area contributed by atoms with Crippen molar-refractivity contribution in [1.29, 1.82) is 0 Å². The van der Waals surface area contributed by atoms with Crippen molar-refractivity contribution in [1.82, 2.24) is 9.97 Å². The monoisotopic (exact) mass is 248 g/mol. The lowest BCUT2D eigenvalue weighted by Gasteiger charge is -2.34. The molecule has 2 rings (SSSR count). The van der Waals surface area contributed by atoms with Gasteiger partial charge in [-0.1, -0.05) is 26.7 Å². The van der Waals surface area contributed by atoms with E-state index in [-0.39, 0.29) is 0 Å². The predicted molar refractivity (Wildman–Crippen MR) is 75.8 cm³/mol. The molecule has 0 aliphatic heterocycles. The van der Waals surface area contributed by atoms with Crippen LogP contribution < -0.4 is 10.6 Å². The van der Waals surface area contributed by atoms with E-state index in [0.717, 1.165) is 18.3 Å². The van der Waals surface area contributed by atoms with Crippen molar-refractivity contribution in [3.05, 3.63) is 12.3 Å². The Morgan fingerprint density at radius 2 is 2.17 bits per heavy atom. The van der Waals surface area contributed by atoms with Crippen molar-refractivity contribution in [3.63, 3.8) is 0 Å². The first-order valence-corrected chi connectivity index (χ1v) is 7.04. The van der Waals surface area contributed by atoms with Gasteiger partial charge in [0.05, 0.1) is 0 Å². The number of anilines is 2. The molecule has 1 aromatic heterocycles. The first-order chi connectivity index (χ1) is 8.70. The van der Waals surface area contributed by atoms with Crippen LogP contribution in [0.15, 0.2) is 12.3 Å². The molecule has 0 saturated heterocycles. The number of rotatable bonds is 4. The average Bonchev–Trinajstić information content (AvgIpc) is 2.36. The first kappa shape index (κ1) is 13.1. The molecule has 100 valence electrons. The van der Waals surface area contributed by atoms with Crippen LogP contribution in [0, 0.1) is 11.8 Å². The van der Waals surface area contributed by atoms with Crippen molar-refractivity contribution in [2.24, 2.45) is 11.8 Å². The van der Waals surface area contributed by atoms with Crippen molar-refractivity contribution in [3.8, 4) is 0 Å². The minimum atomic E-state index is 0.540. The van der Waals surface area contributed by atoms with Gasteiger partial charge in [-0.3, -0.25) is 0 Å². The molecule has 1 aliphatic rings. The van der Waals surface area contributed by atoms with E-state index in [9.17, 15) is 0 Å². The molecule has 3 unspecified atom stereocenters. The van der Waals surface area contributed by atoms with Gasteiger partial charge in [0.15, 0.2) is 0 Å². The molecule has 3 atom stereocenters. The lowest BCUT2D eigenvalue weighted by Crippen LogP contribution is -2.35. The molecule has 0 aromatic carbocycles. The maximum atomic E-state index is 4.48. The van der Waals surface area contributed by atoms with Crippen LogP contribution in [0.25, 0.3) is 0 Å². The second-order valence-corrected chi connectivity index (χ2v) is 5.31. The van der Waals surface area contributed by atoms with Gasteiger partial charge >= 0.3 is 0 Å². The molecule has 1 saturated carbocycles. The summed E-state index contributed by atoms with van der Waals surface area (Å²) in [5.41, 5.74) is 0. The molecule has 1 fully saturated rings. The molecule has 4 heteroatoms. The summed E-state index contributed by atoms with van der Waals surface area (Å²) in [5, 5.41) is 6.71. The lowest BCUT2D eigenvalue weighted by molar-refractivity contribution is 0.253. The normalized spacial score (nSPS) is 27.8. The van der Waals surface area contributed by atoms with E-state index in [1.165, 1.54) is 19.3 Å². The highest BCUT2D eigenvalue weighted by molar-refractivity contribution is 5.40. The Labute approximate surface area is 110 Å². The van der Waals surface area contributed by atoms with Gasteiger partial charge in [-0.25, -0.2) is 4.98 Å². The van der Waals surface area contributed by atoms with E-state index in [0.29, 0.717) is 17.9 Å². The van der Waals surface area contributed by atoms with Crippen LogP contribution in [-0.4, -0.2) is 22.6 Å². The van der Waals surface area contributed by atoms with Crippen LogP contribution in [0.3, 0.4) is 0 Å². The fraction of sp³-hybridized carbons (Fsp3) is 0.714. The van der Waals surface area contributed by atoms with Crippen LogP contribution in [0.4, 0.5) is 11.8 Å². The zero-order valence-electron chi connectivity index (χ0n) is 11.6. The van der Waals surface area contributed by atoms with E-state index in [2.05, 4.69) is 34.4 Å². The number of aromatic nitrogens is 2. The molecule has 1 aliphatic carbocycles. The van der Waals surface area contributed by atoms with Crippen LogP contribution in [0.2, 0.25) is 0 Å². The van der Waals surface area contributed by atoms with Crippen LogP contribution in [0.5, 0.6) is 0 Å². The van der Waals surface area contributed by atoms with Crippen molar-refractivity contribution < 1.29 is 0 Å². The van der Waals surface area contributed by atoms with Crippen molar-refractivity contribution in [2.75, 3.05) is 17.2 Å². The summed E-state index contributed by atoms with van der Waals surface area (Å²) in [6.07, 6.45) is 5.72. The van der Waals surface area contributed by atoms with Crippen molar-refractivity contribution in [2.45, 2.75) is 46.1 Å². The lowest BCUT2D eigenvalue weighted by atomic mass is 9.78. The fourth-order valence-corrected chi connectivity index (χ4v) is 2.66. The quantitative estimate of drug-likeness (QED) is 0.859. The standard InChI is InChI=1S/C14H24N4/c1-4-15-14-16-9-8-13(18-14)17-12-7-5-6-10(2)11(12)3/h8-12H,4-7H2,1-3H3,(H2,15,16,17,18). The molecule has 1 heterocycles. The zero-order chi connectivity index (χ0) is 13.0. The smallest absolute Gasteiger partial charge is 0.224 e. The molecule has 18 heavy (non-hydrogen) atoms. The van der Waals surface area contributed by atoms with Gasteiger partial charge in [-0.2, -0.15) is 4.98 Å². The van der Waals surface area contributed by atoms with Crippen LogP contribution >= 0.6 is 0 Å². The summed E-state index contributed by atoms with van der Waals surface area (Å²) >= 11 is 0. The van der Waals surface area contributed by atoms with Gasteiger partial charge in [-0.15, -0.1) is 0 Å². The van der Waals surface area contributed by atoms with Crippen LogP contribution in [0.1, 0.15) is 40.0 Å². The van der Waals surface area contributed by atoms with Gasteiger partial charge in [0.1, 0.15) is 5.82 Å². The minimum Gasteiger partial charge on any atom is -0.367 e. The summed E-state index contributed by atoms with van der Waals surface area (Å²) < 4.78 is 0. The summed E-state index contributed by atoms with van der Waals surface area (Å²) in [6, 6.07) is 2.49. The van der Waals surface area contributed by atoms with E-state index < -0.39 is 0 Å². The average molecular weight is 248 g/mol. The number of hydrogen-bond acceptors (Lipinski definition) is 4. The van der Waals surface area contributed by atoms with Gasteiger partial charge in [0.2, 0.25) is 5.95 Å². The Morgan fingerprint density at radius 1 is 1.33 bits per heavy atom. The number of nitrogens with zero attached hydrogens (tertiary/aromatic N) is 2. The van der Waals surface area contributed by atoms with E-state index in [1.807, 2.05) is 19.2 Å². The fourth-order valence-electron chi connectivity index (χ4n) is 2.66. The molecule has 0 amide bonds. The van der Waals surface area contributed by atoms with Gasteiger partial charge < -0.3 is 10.6 Å². The minimum absolute atomic E-state index is 0.540. The van der Waals surface area contributed by atoms with Crippen molar-refractivity contribution >= 4 is 11.8 Å². The summed E-state index contributed by atoms with van der Waals surface area (Å²) in [6.45, 7) is 7.59. The maximum Gasteiger partial charge on any atom is 0.224 e. The highest BCUT2D eigenvalue weighted by Gasteiger charge is 2.27. The largest absolute Gasteiger partial charge is 0.367 e. The highest BCUT2D eigenvalue weighted by atomic mass is 15.1. The molecule has 0 spiro atoms. The Kier molecular flexibility index (Phi) is 4.39. The third kappa shape index (κ3) is 3.12. The van der Waals surface area contributed by atoms with Gasteiger partial charge in [0, 0.05) is 18.8 Å². The van der Waals surface area contributed by atoms with Gasteiger partial charge in [-0.05, 0) is 31.2 Å². The van der Waals surface area contributed by atoms with Gasteiger partial charge in [0.25, 0.3) is 0 Å². The van der Waals surface area contributed by atoms with Crippen LogP contribution in [-0.2, 0) is 0 Å². The SMILES string of the molecule is CCNc1nccc(NC2CCCC(C)C2C)n1. The number of nitrogens with one attached hydrogen (secondary N) is 2. The summed E-state index contributed by atoms with van der Waals surface area (Å²) in [7, 11) is 0. The molecule has 0 bridgehead atoms. The molecular weight excluding hydrogens is 224 g/mol. The summed E-state index contributed by atoms with van der Waals surface area (Å²) in [4.78, 5) is 8.68. The predicted octanol–water partition coefficient (Wildman–Crippen LogP) is 3.15. The third-order valence-electron chi connectivity index (χ3n) is 4.03. The molecule has 0 radical (unpaired) electrons. The topological polar surface area (TPSA) is 49.8 Å². The maximum absolute atomic E-state index is 4.48. The highest BCUT2D eigenvalue weighted by Crippen LogP contribution is 2.31. The second kappa shape index (κ2) is 6.03. The third-order valence-corrected chi connectivity index (χ3v) is 4.03. The Morgan fingerprint density at radius 3 is 2.94 bits per heavy atom. The first-order valence-electron chi connectivity index (χ1n) is 7.04. The Hall–Kier alpha value is -1.32. The summed E-state index contributed by atoms with van der Waals surface area (Å²) in [5.74, 6) is 3.15. The second-order valence-electron chi connectivity index (χ2n) is 5.31. The Bertz CT molecular complexity index is 380.